The van der Waals surface area contributed by atoms with Crippen molar-refractivity contribution in [1.29, 1.82) is 0 Å². The molecule has 0 spiro atoms. The van der Waals surface area contributed by atoms with Gasteiger partial charge in [-0.2, -0.15) is 0 Å². The summed E-state index contributed by atoms with van der Waals surface area (Å²) in [5.41, 5.74) is 1.11. The maximum absolute atomic E-state index is 11.7. The van der Waals surface area contributed by atoms with Crippen LogP contribution in [0.2, 0.25) is 0 Å². The highest BCUT2D eigenvalue weighted by atomic mass is 16.5. The molecule has 1 fully saturated rings. The van der Waals surface area contributed by atoms with E-state index in [1.165, 1.54) is 6.92 Å². The Morgan fingerprint density at radius 2 is 2.00 bits per heavy atom. The number of hydrogen-bond donors (Lipinski definition) is 1. The Kier molecular flexibility index (Phi) is 3.97. The molecule has 0 aliphatic heterocycles. The molecule has 0 bridgehead atoms. The molecule has 0 unspecified atom stereocenters. The van der Waals surface area contributed by atoms with Crippen molar-refractivity contribution in [3.8, 4) is 0 Å². The highest BCUT2D eigenvalue weighted by Gasteiger charge is 2.33. The molecular weight excluding hydrogens is 230 g/mol. The average Bonchev–Trinajstić information content (AvgIpc) is 3.19. The molecule has 4 nitrogen and oxygen atoms in total. The molecule has 0 aromatic heterocycles. The number of benzene rings is 1. The lowest BCUT2D eigenvalue weighted by molar-refractivity contribution is -0.146. The third-order valence-electron chi connectivity index (χ3n) is 2.98. The van der Waals surface area contributed by atoms with Gasteiger partial charge in [-0.3, -0.25) is 9.59 Å². The van der Waals surface area contributed by atoms with Crippen LogP contribution in [0.25, 0.3) is 0 Å². The van der Waals surface area contributed by atoms with Crippen LogP contribution in [-0.2, 0) is 14.3 Å². The number of carbonyl (C=O) groups excluding carboxylic acids is 2. The summed E-state index contributed by atoms with van der Waals surface area (Å²) in [6.07, 6.45) is 2.26. The Bertz CT molecular complexity index is 426. The normalized spacial score (nSPS) is 15.8. The van der Waals surface area contributed by atoms with E-state index in [0.29, 0.717) is 5.92 Å². The van der Waals surface area contributed by atoms with E-state index >= 15 is 0 Å². The maximum atomic E-state index is 11.7. The minimum atomic E-state index is -0.437. The van der Waals surface area contributed by atoms with Crippen molar-refractivity contribution in [2.45, 2.75) is 25.8 Å². The molecule has 0 radical (unpaired) electrons. The van der Waals surface area contributed by atoms with E-state index in [4.69, 9.17) is 0 Å². The Balaban J connectivity index is 1.95. The summed E-state index contributed by atoms with van der Waals surface area (Å²) in [5, 5.41) is 2.93. The summed E-state index contributed by atoms with van der Waals surface area (Å²) in [6, 6.07) is 9.93. The van der Waals surface area contributed by atoms with Crippen molar-refractivity contribution < 1.29 is 14.3 Å². The predicted molar refractivity (Wildman–Crippen MR) is 66.7 cm³/mol. The first kappa shape index (κ1) is 12.6. The molecule has 1 amide bonds. The molecule has 1 aromatic carbocycles. The molecule has 0 saturated heterocycles. The van der Waals surface area contributed by atoms with E-state index in [0.717, 1.165) is 18.4 Å². The second-order valence-corrected chi connectivity index (χ2v) is 4.57. The summed E-state index contributed by atoms with van der Waals surface area (Å²) >= 11 is 0. The van der Waals surface area contributed by atoms with Crippen molar-refractivity contribution in [2.24, 2.45) is 5.92 Å². The van der Waals surface area contributed by atoms with Crippen LogP contribution in [0.1, 0.15) is 31.4 Å². The fourth-order valence-electron chi connectivity index (χ4n) is 1.95. The molecule has 4 heteroatoms. The molecule has 18 heavy (non-hydrogen) atoms. The Hall–Kier alpha value is -1.84. The third-order valence-corrected chi connectivity index (χ3v) is 2.98. The lowest BCUT2D eigenvalue weighted by atomic mass is 10.0. The molecule has 1 aromatic rings. The number of rotatable bonds is 5. The van der Waals surface area contributed by atoms with Crippen molar-refractivity contribution in [1.82, 2.24) is 5.32 Å². The van der Waals surface area contributed by atoms with Gasteiger partial charge in [0.1, 0.15) is 0 Å². The molecule has 1 N–H and O–H groups in total. The average molecular weight is 247 g/mol. The number of amides is 1. The van der Waals surface area contributed by atoms with Crippen LogP contribution < -0.4 is 5.32 Å². The summed E-state index contributed by atoms with van der Waals surface area (Å²) in [4.78, 5) is 22.3. The van der Waals surface area contributed by atoms with E-state index in [1.54, 1.807) is 0 Å². The lowest BCUT2D eigenvalue weighted by Crippen LogP contribution is -2.33. The van der Waals surface area contributed by atoms with Gasteiger partial charge in [0.25, 0.3) is 5.91 Å². The second kappa shape index (κ2) is 5.67. The van der Waals surface area contributed by atoms with Crippen molar-refractivity contribution in [3.63, 3.8) is 0 Å². The fourth-order valence-corrected chi connectivity index (χ4v) is 1.95. The molecule has 1 aliphatic carbocycles. The van der Waals surface area contributed by atoms with Gasteiger partial charge in [-0.25, -0.2) is 0 Å². The molecular formula is C14H17NO3. The van der Waals surface area contributed by atoms with Crippen LogP contribution in [0.4, 0.5) is 0 Å². The lowest BCUT2D eigenvalue weighted by Gasteiger charge is -2.18. The zero-order valence-electron chi connectivity index (χ0n) is 10.4. The van der Waals surface area contributed by atoms with E-state index in [1.807, 2.05) is 30.3 Å². The topological polar surface area (TPSA) is 55.4 Å². The summed E-state index contributed by atoms with van der Waals surface area (Å²) in [7, 11) is 0. The smallest absolute Gasteiger partial charge is 0.303 e. The summed E-state index contributed by atoms with van der Waals surface area (Å²) in [5.74, 6) is -0.174. The number of hydrogen-bond acceptors (Lipinski definition) is 3. The molecule has 0 heterocycles. The molecule has 96 valence electrons. The number of ether oxygens (including phenoxy) is 1. The van der Waals surface area contributed by atoms with Crippen LogP contribution in [-0.4, -0.2) is 18.5 Å². The van der Waals surface area contributed by atoms with Gasteiger partial charge in [0.15, 0.2) is 6.61 Å². The highest BCUT2D eigenvalue weighted by molar-refractivity contribution is 5.80. The van der Waals surface area contributed by atoms with Gasteiger partial charge in [0.2, 0.25) is 0 Å². The predicted octanol–water partition coefficient (Wildman–Crippen LogP) is 1.82. The fraction of sp³-hybridized carbons (Fsp3) is 0.429. The van der Waals surface area contributed by atoms with Crippen LogP contribution >= 0.6 is 0 Å². The molecule has 1 atom stereocenters. The van der Waals surface area contributed by atoms with Crippen LogP contribution in [0, 0.1) is 5.92 Å². The standard InChI is InChI=1S/C14H17NO3/c1-10(16)18-9-13(17)15-14(12-7-8-12)11-5-3-2-4-6-11/h2-6,12,14H,7-9H2,1H3,(H,15,17)/t14-/m0/s1. The summed E-state index contributed by atoms with van der Waals surface area (Å²) in [6.45, 7) is 1.09. The zero-order valence-corrected chi connectivity index (χ0v) is 10.4. The van der Waals surface area contributed by atoms with Gasteiger partial charge < -0.3 is 10.1 Å². The Labute approximate surface area is 106 Å². The number of carbonyl (C=O) groups is 2. The molecule has 2 rings (SSSR count). The van der Waals surface area contributed by atoms with Gasteiger partial charge in [-0.05, 0) is 24.3 Å². The second-order valence-electron chi connectivity index (χ2n) is 4.57. The van der Waals surface area contributed by atoms with E-state index in [-0.39, 0.29) is 18.6 Å². The Morgan fingerprint density at radius 1 is 1.33 bits per heavy atom. The van der Waals surface area contributed by atoms with Crippen LogP contribution in [0.5, 0.6) is 0 Å². The van der Waals surface area contributed by atoms with Gasteiger partial charge >= 0.3 is 5.97 Å². The molecule has 1 saturated carbocycles. The van der Waals surface area contributed by atoms with Gasteiger partial charge in [-0.15, -0.1) is 0 Å². The van der Waals surface area contributed by atoms with Gasteiger partial charge in [-0.1, -0.05) is 30.3 Å². The van der Waals surface area contributed by atoms with Crippen LogP contribution in [0.15, 0.2) is 30.3 Å². The van der Waals surface area contributed by atoms with Gasteiger partial charge in [0.05, 0.1) is 6.04 Å². The SMILES string of the molecule is CC(=O)OCC(=O)N[C@@H](c1ccccc1)C1CC1. The molecule has 1 aliphatic rings. The van der Waals surface area contributed by atoms with Crippen molar-refractivity contribution in [2.75, 3.05) is 6.61 Å². The minimum Gasteiger partial charge on any atom is -0.456 e. The van der Waals surface area contributed by atoms with E-state index < -0.39 is 5.97 Å². The largest absolute Gasteiger partial charge is 0.456 e. The van der Waals surface area contributed by atoms with E-state index in [2.05, 4.69) is 10.1 Å². The van der Waals surface area contributed by atoms with Crippen LogP contribution in [0.3, 0.4) is 0 Å². The first-order chi connectivity index (χ1) is 8.66. The van der Waals surface area contributed by atoms with Gasteiger partial charge in [0, 0.05) is 6.92 Å². The zero-order chi connectivity index (χ0) is 13.0. The minimum absolute atomic E-state index is 0.0364. The first-order valence-electron chi connectivity index (χ1n) is 6.14. The maximum Gasteiger partial charge on any atom is 0.303 e. The Morgan fingerprint density at radius 3 is 2.56 bits per heavy atom. The summed E-state index contributed by atoms with van der Waals surface area (Å²) < 4.78 is 4.69. The third kappa shape index (κ3) is 3.58. The monoisotopic (exact) mass is 247 g/mol. The quantitative estimate of drug-likeness (QED) is 0.807. The van der Waals surface area contributed by atoms with Crippen molar-refractivity contribution in [3.05, 3.63) is 35.9 Å². The number of esters is 1. The van der Waals surface area contributed by atoms with Crippen molar-refractivity contribution >= 4 is 11.9 Å². The highest BCUT2D eigenvalue weighted by Crippen LogP contribution is 2.40. The van der Waals surface area contributed by atoms with E-state index in [9.17, 15) is 9.59 Å². The number of nitrogens with one attached hydrogen (secondary N) is 1. The first-order valence-corrected chi connectivity index (χ1v) is 6.14.